The van der Waals surface area contributed by atoms with Crippen molar-refractivity contribution in [2.24, 2.45) is 11.7 Å². The van der Waals surface area contributed by atoms with Crippen LogP contribution in [0, 0.1) is 5.92 Å². The van der Waals surface area contributed by atoms with E-state index >= 15 is 0 Å². The van der Waals surface area contributed by atoms with Crippen LogP contribution in [0.5, 0.6) is 0 Å². The van der Waals surface area contributed by atoms with Crippen molar-refractivity contribution >= 4 is 33.3 Å². The molecule has 0 unspecified atom stereocenters. The fourth-order valence-electron chi connectivity index (χ4n) is 2.36. The van der Waals surface area contributed by atoms with Crippen molar-refractivity contribution in [1.29, 1.82) is 0 Å². The molecule has 0 radical (unpaired) electrons. The molecule has 0 saturated carbocycles. The number of amides is 1. The van der Waals surface area contributed by atoms with Crippen LogP contribution in [0.1, 0.15) is 12.8 Å². The van der Waals surface area contributed by atoms with Crippen LogP contribution in [0.4, 0.5) is 5.82 Å². The highest BCUT2D eigenvalue weighted by Gasteiger charge is 2.27. The summed E-state index contributed by atoms with van der Waals surface area (Å²) in [6.45, 7) is 0. The SMILES string of the molecule is NC(=O)[C@@H]1CC=CC[C@H]1Nc1ncnc2ccsc12. The van der Waals surface area contributed by atoms with E-state index in [1.54, 1.807) is 11.3 Å². The number of anilines is 1. The molecule has 2 atom stereocenters. The van der Waals surface area contributed by atoms with Crippen molar-refractivity contribution in [2.45, 2.75) is 18.9 Å². The van der Waals surface area contributed by atoms with Crippen LogP contribution >= 0.6 is 11.3 Å². The largest absolute Gasteiger partial charge is 0.369 e. The number of nitrogens with one attached hydrogen (secondary N) is 1. The number of nitrogens with two attached hydrogens (primary N) is 1. The molecule has 0 bridgehead atoms. The van der Waals surface area contributed by atoms with Gasteiger partial charge in [-0.05, 0) is 24.3 Å². The molecule has 98 valence electrons. The normalized spacial score (nSPS) is 22.5. The molecule has 2 aromatic rings. The summed E-state index contributed by atoms with van der Waals surface area (Å²) in [4.78, 5) is 20.0. The van der Waals surface area contributed by atoms with Crippen molar-refractivity contribution in [3.05, 3.63) is 29.9 Å². The Kier molecular flexibility index (Phi) is 3.16. The fourth-order valence-corrected chi connectivity index (χ4v) is 3.15. The molecule has 2 aromatic heterocycles. The van der Waals surface area contributed by atoms with Gasteiger partial charge in [-0.2, -0.15) is 0 Å². The van der Waals surface area contributed by atoms with Gasteiger partial charge in [0.15, 0.2) is 0 Å². The monoisotopic (exact) mass is 274 g/mol. The molecule has 1 amide bonds. The van der Waals surface area contributed by atoms with Gasteiger partial charge in [0.1, 0.15) is 12.1 Å². The topological polar surface area (TPSA) is 80.9 Å². The zero-order valence-electron chi connectivity index (χ0n) is 10.2. The standard InChI is InChI=1S/C13H14N4OS/c14-12(18)8-3-1-2-4-9(8)17-13-11-10(5-6-19-11)15-7-16-13/h1-2,5-9H,3-4H2,(H2,14,18)(H,15,16,17)/t8-,9-/m1/s1. The lowest BCUT2D eigenvalue weighted by Gasteiger charge is -2.27. The lowest BCUT2D eigenvalue weighted by molar-refractivity contribution is -0.122. The molecule has 1 aliphatic rings. The van der Waals surface area contributed by atoms with Crippen molar-refractivity contribution in [1.82, 2.24) is 9.97 Å². The summed E-state index contributed by atoms with van der Waals surface area (Å²) in [5, 5.41) is 5.33. The molecule has 19 heavy (non-hydrogen) atoms. The molecule has 5 nitrogen and oxygen atoms in total. The first kappa shape index (κ1) is 12.1. The van der Waals surface area contributed by atoms with Crippen molar-refractivity contribution in [3.8, 4) is 0 Å². The number of carbonyl (C=O) groups is 1. The average Bonchev–Trinajstić information content (AvgIpc) is 2.88. The number of rotatable bonds is 3. The summed E-state index contributed by atoms with van der Waals surface area (Å²) >= 11 is 1.59. The first-order valence-corrected chi connectivity index (χ1v) is 7.02. The highest BCUT2D eigenvalue weighted by atomic mass is 32.1. The molecule has 2 heterocycles. The Balaban J connectivity index is 1.89. The third-order valence-electron chi connectivity index (χ3n) is 3.36. The van der Waals surface area contributed by atoms with Crippen LogP contribution in [0.2, 0.25) is 0 Å². The van der Waals surface area contributed by atoms with E-state index in [2.05, 4.69) is 21.4 Å². The van der Waals surface area contributed by atoms with E-state index in [1.807, 2.05) is 17.5 Å². The van der Waals surface area contributed by atoms with Gasteiger partial charge in [0.2, 0.25) is 5.91 Å². The molecule has 3 N–H and O–H groups in total. The molecule has 0 spiro atoms. The maximum Gasteiger partial charge on any atom is 0.222 e. The van der Waals surface area contributed by atoms with E-state index in [0.29, 0.717) is 6.42 Å². The summed E-state index contributed by atoms with van der Waals surface area (Å²) in [5.74, 6) is 0.333. The highest BCUT2D eigenvalue weighted by molar-refractivity contribution is 7.17. The van der Waals surface area contributed by atoms with Crippen LogP contribution in [0.15, 0.2) is 29.9 Å². The minimum atomic E-state index is -0.265. The van der Waals surface area contributed by atoms with Gasteiger partial charge in [0.25, 0.3) is 0 Å². The lowest BCUT2D eigenvalue weighted by Crippen LogP contribution is -2.39. The van der Waals surface area contributed by atoms with E-state index in [-0.39, 0.29) is 17.9 Å². The average molecular weight is 274 g/mol. The predicted molar refractivity (Wildman–Crippen MR) is 75.9 cm³/mol. The van der Waals surface area contributed by atoms with Gasteiger partial charge in [-0.25, -0.2) is 9.97 Å². The number of allylic oxidation sites excluding steroid dienone is 1. The van der Waals surface area contributed by atoms with E-state index in [4.69, 9.17) is 5.73 Å². The van der Waals surface area contributed by atoms with Gasteiger partial charge in [-0.1, -0.05) is 12.2 Å². The van der Waals surface area contributed by atoms with Crippen LogP contribution in [-0.2, 0) is 4.79 Å². The Hall–Kier alpha value is -1.95. The Morgan fingerprint density at radius 1 is 1.37 bits per heavy atom. The zero-order valence-corrected chi connectivity index (χ0v) is 11.1. The van der Waals surface area contributed by atoms with Gasteiger partial charge < -0.3 is 11.1 Å². The van der Waals surface area contributed by atoms with Crippen molar-refractivity contribution < 1.29 is 4.79 Å². The zero-order chi connectivity index (χ0) is 13.2. The van der Waals surface area contributed by atoms with Crippen LogP contribution in [-0.4, -0.2) is 21.9 Å². The van der Waals surface area contributed by atoms with E-state index in [0.717, 1.165) is 22.5 Å². The van der Waals surface area contributed by atoms with E-state index in [1.165, 1.54) is 6.33 Å². The molecule has 1 aliphatic carbocycles. The first-order chi connectivity index (χ1) is 9.25. The number of aromatic nitrogens is 2. The Bertz CT molecular complexity index is 636. The number of carbonyl (C=O) groups excluding carboxylic acids is 1. The second kappa shape index (κ2) is 4.97. The molecular weight excluding hydrogens is 260 g/mol. The van der Waals surface area contributed by atoms with Gasteiger partial charge in [-0.3, -0.25) is 4.79 Å². The summed E-state index contributed by atoms with van der Waals surface area (Å²) in [7, 11) is 0. The summed E-state index contributed by atoms with van der Waals surface area (Å²) < 4.78 is 1.01. The summed E-state index contributed by atoms with van der Waals surface area (Å²) in [6.07, 6.45) is 7.09. The third-order valence-corrected chi connectivity index (χ3v) is 4.27. The number of fused-ring (bicyclic) bond motifs is 1. The van der Waals surface area contributed by atoms with Crippen LogP contribution in [0.25, 0.3) is 10.2 Å². The number of hydrogen-bond acceptors (Lipinski definition) is 5. The third kappa shape index (κ3) is 2.31. The fraction of sp³-hybridized carbons (Fsp3) is 0.308. The molecule has 3 rings (SSSR count). The molecule has 0 aromatic carbocycles. The van der Waals surface area contributed by atoms with E-state index in [9.17, 15) is 4.79 Å². The minimum Gasteiger partial charge on any atom is -0.369 e. The highest BCUT2D eigenvalue weighted by Crippen LogP contribution is 2.28. The van der Waals surface area contributed by atoms with Crippen molar-refractivity contribution in [3.63, 3.8) is 0 Å². The molecular formula is C13H14N4OS. The van der Waals surface area contributed by atoms with Crippen LogP contribution in [0.3, 0.4) is 0 Å². The number of nitrogens with zero attached hydrogens (tertiary/aromatic N) is 2. The van der Waals surface area contributed by atoms with Gasteiger partial charge >= 0.3 is 0 Å². The number of thiophene rings is 1. The number of primary amides is 1. The Labute approximate surface area is 114 Å². The Morgan fingerprint density at radius 3 is 3.05 bits per heavy atom. The van der Waals surface area contributed by atoms with E-state index < -0.39 is 0 Å². The lowest BCUT2D eigenvalue weighted by atomic mass is 9.88. The van der Waals surface area contributed by atoms with Gasteiger partial charge in [0, 0.05) is 6.04 Å². The summed E-state index contributed by atoms with van der Waals surface area (Å²) in [6, 6.07) is 1.96. The Morgan fingerprint density at radius 2 is 2.21 bits per heavy atom. The molecule has 0 fully saturated rings. The quantitative estimate of drug-likeness (QED) is 0.838. The smallest absolute Gasteiger partial charge is 0.222 e. The van der Waals surface area contributed by atoms with Crippen LogP contribution < -0.4 is 11.1 Å². The predicted octanol–water partition coefficient (Wildman–Crippen LogP) is 1.92. The van der Waals surface area contributed by atoms with Gasteiger partial charge in [0.05, 0.1) is 16.1 Å². The molecule has 0 aliphatic heterocycles. The molecule has 0 saturated heterocycles. The van der Waals surface area contributed by atoms with Crippen molar-refractivity contribution in [2.75, 3.05) is 5.32 Å². The first-order valence-electron chi connectivity index (χ1n) is 6.15. The second-order valence-corrected chi connectivity index (χ2v) is 5.48. The second-order valence-electron chi connectivity index (χ2n) is 4.56. The summed E-state index contributed by atoms with van der Waals surface area (Å²) in [5.41, 5.74) is 6.38. The maximum absolute atomic E-state index is 11.5. The maximum atomic E-state index is 11.5. The minimum absolute atomic E-state index is 0.00250. The molecule has 6 heteroatoms. The van der Waals surface area contributed by atoms with Gasteiger partial charge in [-0.15, -0.1) is 11.3 Å². The number of hydrogen-bond donors (Lipinski definition) is 2.